The van der Waals surface area contributed by atoms with Crippen LogP contribution in [0.2, 0.25) is 10.0 Å². The van der Waals surface area contributed by atoms with E-state index in [9.17, 15) is 0 Å². The van der Waals surface area contributed by atoms with Crippen LogP contribution in [0.1, 0.15) is 11.1 Å². The predicted octanol–water partition coefficient (Wildman–Crippen LogP) is 4.63. The smallest absolute Gasteiger partial charge is 0.0485 e. The van der Waals surface area contributed by atoms with Gasteiger partial charge in [0.1, 0.15) is 0 Å². The fourth-order valence-corrected chi connectivity index (χ4v) is 2.36. The highest BCUT2D eigenvalue weighted by molar-refractivity contribution is 6.38. The van der Waals surface area contributed by atoms with Crippen molar-refractivity contribution < 1.29 is 0 Å². The average Bonchev–Trinajstić information content (AvgIpc) is 2.60. The third-order valence-corrected chi connectivity index (χ3v) is 3.24. The van der Waals surface area contributed by atoms with Crippen molar-refractivity contribution in [2.75, 3.05) is 0 Å². The van der Waals surface area contributed by atoms with Gasteiger partial charge in [0.15, 0.2) is 0 Å². The van der Waals surface area contributed by atoms with E-state index in [1.165, 1.54) is 10.9 Å². The van der Waals surface area contributed by atoms with E-state index in [0.717, 1.165) is 21.0 Å². The first-order valence-electron chi connectivity index (χ1n) is 4.36. The summed E-state index contributed by atoms with van der Waals surface area (Å²) < 4.78 is 0. The van der Waals surface area contributed by atoms with Crippen LogP contribution < -0.4 is 0 Å². The van der Waals surface area contributed by atoms with E-state index in [2.05, 4.69) is 6.08 Å². The molecule has 2 aromatic carbocycles. The second-order valence-electron chi connectivity index (χ2n) is 3.35. The summed E-state index contributed by atoms with van der Waals surface area (Å²) in [5, 5.41) is 3.82. The lowest BCUT2D eigenvalue weighted by atomic mass is 10.0. The van der Waals surface area contributed by atoms with Crippen LogP contribution in [0.25, 0.3) is 22.9 Å². The molecule has 0 nitrogen and oxygen atoms in total. The first kappa shape index (κ1) is 8.34. The topological polar surface area (TPSA) is 0 Å². The van der Waals surface area contributed by atoms with Gasteiger partial charge in [-0.05, 0) is 23.1 Å². The Morgan fingerprint density at radius 3 is 2.43 bits per heavy atom. The van der Waals surface area contributed by atoms with Gasteiger partial charge < -0.3 is 0 Å². The van der Waals surface area contributed by atoms with E-state index < -0.39 is 0 Å². The molecule has 0 fully saturated rings. The first-order chi connectivity index (χ1) is 6.77. The number of hydrogen-bond donors (Lipinski definition) is 0. The summed E-state index contributed by atoms with van der Waals surface area (Å²) in [4.78, 5) is 0. The molecule has 68 valence electrons. The third kappa shape index (κ3) is 0.956. The maximum Gasteiger partial charge on any atom is 0.0485 e. The lowest BCUT2D eigenvalue weighted by molar-refractivity contribution is 1.71. The zero-order valence-electron chi connectivity index (χ0n) is 7.22. The van der Waals surface area contributed by atoms with Crippen molar-refractivity contribution in [1.82, 2.24) is 0 Å². The maximum atomic E-state index is 6.11. The highest BCUT2D eigenvalue weighted by Crippen LogP contribution is 2.38. The lowest BCUT2D eigenvalue weighted by Gasteiger charge is -2.05. The second kappa shape index (κ2) is 2.75. The summed E-state index contributed by atoms with van der Waals surface area (Å²) in [6.45, 7) is 0. The van der Waals surface area contributed by atoms with Crippen molar-refractivity contribution in [1.29, 1.82) is 0 Å². The summed E-state index contributed by atoms with van der Waals surface area (Å²) in [6, 6.07) is 7.81. The predicted molar refractivity (Wildman–Crippen MR) is 62.9 cm³/mol. The van der Waals surface area contributed by atoms with Gasteiger partial charge in [-0.1, -0.05) is 47.5 Å². The molecule has 2 heteroatoms. The Hall–Kier alpha value is -0.980. The van der Waals surface area contributed by atoms with Gasteiger partial charge in [0.05, 0.1) is 0 Å². The Morgan fingerprint density at radius 1 is 0.786 bits per heavy atom. The van der Waals surface area contributed by atoms with Gasteiger partial charge in [-0.2, -0.15) is 0 Å². The minimum absolute atomic E-state index is 0.783. The van der Waals surface area contributed by atoms with Crippen LogP contribution in [0.5, 0.6) is 0 Å². The normalized spacial score (nSPS) is 12.7. The Morgan fingerprint density at radius 2 is 1.57 bits per heavy atom. The molecule has 3 rings (SSSR count). The number of rotatable bonds is 0. The zero-order valence-corrected chi connectivity index (χ0v) is 8.73. The summed E-state index contributed by atoms with van der Waals surface area (Å²) in [7, 11) is 0. The Kier molecular flexibility index (Phi) is 1.64. The van der Waals surface area contributed by atoms with E-state index in [4.69, 9.17) is 23.2 Å². The minimum atomic E-state index is 0.783. The quantitative estimate of drug-likeness (QED) is 0.519. The standard InChI is InChI=1S/C12H6Cl2/c13-10-5-2-7-1-3-8-11(14)6-4-9(10)12(7)8/h1-6H. The fraction of sp³-hybridized carbons (Fsp3) is 0. The number of hydrogen-bond acceptors (Lipinski definition) is 0. The molecule has 0 unspecified atom stereocenters. The number of halogens is 2. The largest absolute Gasteiger partial charge is 0.0837 e. The van der Waals surface area contributed by atoms with Gasteiger partial charge in [-0.15, -0.1) is 0 Å². The summed E-state index contributed by atoms with van der Waals surface area (Å²) in [5.41, 5.74) is 2.28. The van der Waals surface area contributed by atoms with Crippen molar-refractivity contribution in [2.45, 2.75) is 0 Å². The van der Waals surface area contributed by atoms with Crippen molar-refractivity contribution in [2.24, 2.45) is 0 Å². The zero-order chi connectivity index (χ0) is 9.71. The minimum Gasteiger partial charge on any atom is -0.0837 e. The van der Waals surface area contributed by atoms with Crippen molar-refractivity contribution in [3.63, 3.8) is 0 Å². The Labute approximate surface area is 91.8 Å². The van der Waals surface area contributed by atoms with Crippen LogP contribution in [-0.2, 0) is 0 Å². The van der Waals surface area contributed by atoms with E-state index in [-0.39, 0.29) is 0 Å². The Bertz CT molecular complexity index is 568. The van der Waals surface area contributed by atoms with Crippen LogP contribution in [0.15, 0.2) is 24.3 Å². The van der Waals surface area contributed by atoms with E-state index in [1.54, 1.807) is 0 Å². The molecule has 0 radical (unpaired) electrons. The number of benzene rings is 2. The monoisotopic (exact) mass is 220 g/mol. The molecule has 0 aliphatic heterocycles. The molecule has 1 aliphatic carbocycles. The molecule has 0 saturated heterocycles. The average molecular weight is 221 g/mol. The molecule has 0 atom stereocenters. The molecule has 0 bridgehead atoms. The molecular formula is C12H6Cl2. The van der Waals surface area contributed by atoms with Gasteiger partial charge in [-0.3, -0.25) is 0 Å². The molecule has 0 heterocycles. The van der Waals surface area contributed by atoms with Crippen LogP contribution in [0.3, 0.4) is 0 Å². The lowest BCUT2D eigenvalue weighted by Crippen LogP contribution is -1.80. The van der Waals surface area contributed by atoms with Crippen LogP contribution in [-0.4, -0.2) is 0 Å². The first-order valence-corrected chi connectivity index (χ1v) is 5.12. The molecule has 14 heavy (non-hydrogen) atoms. The molecule has 2 aromatic rings. The van der Waals surface area contributed by atoms with Crippen molar-refractivity contribution >= 4 is 46.1 Å². The van der Waals surface area contributed by atoms with Crippen LogP contribution in [0, 0.1) is 0 Å². The second-order valence-corrected chi connectivity index (χ2v) is 4.17. The SMILES string of the molecule is Clc1ccc2c(Cl)ccc3c2c1C=C3. The van der Waals surface area contributed by atoms with Crippen molar-refractivity contribution in [3.8, 4) is 0 Å². The van der Waals surface area contributed by atoms with Gasteiger partial charge in [0.25, 0.3) is 0 Å². The Balaban J connectivity index is 2.61. The van der Waals surface area contributed by atoms with E-state index in [1.807, 2.05) is 30.3 Å². The third-order valence-electron chi connectivity index (χ3n) is 2.58. The fourth-order valence-electron chi connectivity index (χ4n) is 1.92. The van der Waals surface area contributed by atoms with Gasteiger partial charge in [0.2, 0.25) is 0 Å². The molecule has 0 amide bonds. The molecule has 0 aromatic heterocycles. The van der Waals surface area contributed by atoms with Crippen LogP contribution >= 0.6 is 23.2 Å². The van der Waals surface area contributed by atoms with Gasteiger partial charge >= 0.3 is 0 Å². The molecular weight excluding hydrogens is 215 g/mol. The summed E-state index contributed by atoms with van der Waals surface area (Å²) in [6.07, 6.45) is 4.11. The molecule has 0 saturated carbocycles. The molecule has 0 N–H and O–H groups in total. The molecule has 0 spiro atoms. The summed E-state index contributed by atoms with van der Waals surface area (Å²) >= 11 is 12.2. The van der Waals surface area contributed by atoms with Gasteiger partial charge in [-0.25, -0.2) is 0 Å². The van der Waals surface area contributed by atoms with Crippen LogP contribution in [0.4, 0.5) is 0 Å². The van der Waals surface area contributed by atoms with E-state index in [0.29, 0.717) is 0 Å². The molecule has 1 aliphatic rings. The highest BCUT2D eigenvalue weighted by atomic mass is 35.5. The van der Waals surface area contributed by atoms with Gasteiger partial charge in [0, 0.05) is 21.0 Å². The van der Waals surface area contributed by atoms with Crippen molar-refractivity contribution in [3.05, 3.63) is 45.4 Å². The maximum absolute atomic E-state index is 6.11. The summed E-state index contributed by atoms with van der Waals surface area (Å²) in [5.74, 6) is 0. The highest BCUT2D eigenvalue weighted by Gasteiger charge is 2.13. The van der Waals surface area contributed by atoms with E-state index >= 15 is 0 Å².